The highest BCUT2D eigenvalue weighted by Gasteiger charge is 2.28. The van der Waals surface area contributed by atoms with Gasteiger partial charge < -0.3 is 4.74 Å². The molecule has 0 aliphatic carbocycles. The van der Waals surface area contributed by atoms with Gasteiger partial charge in [-0.3, -0.25) is 0 Å². The van der Waals surface area contributed by atoms with Crippen molar-refractivity contribution >= 4 is 24.7 Å². The van der Waals surface area contributed by atoms with Crippen LogP contribution in [-0.2, 0) is 4.74 Å². The van der Waals surface area contributed by atoms with E-state index < -0.39 is 8.80 Å². The fourth-order valence-corrected chi connectivity index (χ4v) is 6.35. The van der Waals surface area contributed by atoms with E-state index >= 15 is 0 Å². The highest BCUT2D eigenvalue weighted by Crippen LogP contribution is 2.15. The van der Waals surface area contributed by atoms with Gasteiger partial charge in [0.1, 0.15) is 8.80 Å². The molecule has 2 unspecified atom stereocenters. The van der Waals surface area contributed by atoms with Gasteiger partial charge in [-0.25, -0.2) is 0 Å². The van der Waals surface area contributed by atoms with Crippen LogP contribution in [0.5, 0.6) is 0 Å². The lowest BCUT2D eigenvalue weighted by Crippen LogP contribution is -2.53. The van der Waals surface area contributed by atoms with Crippen LogP contribution in [0.15, 0.2) is 61.2 Å². The predicted octanol–water partition coefficient (Wildman–Crippen LogP) is 3.80. The molecule has 2 aromatic rings. The second-order valence-corrected chi connectivity index (χ2v) is 10.5. The molecular formula is C21H28OSi. The molecule has 0 amide bonds. The van der Waals surface area contributed by atoms with Crippen LogP contribution < -0.4 is 10.4 Å². The maximum absolute atomic E-state index is 6.35. The van der Waals surface area contributed by atoms with Crippen molar-refractivity contribution in [2.45, 2.75) is 45.9 Å². The summed E-state index contributed by atoms with van der Waals surface area (Å²) in [6.45, 7) is 14.8. The van der Waals surface area contributed by atoms with Crippen molar-refractivity contribution in [3.05, 3.63) is 66.7 Å². The molecule has 122 valence electrons. The minimum absolute atomic E-state index is 0.134. The molecule has 0 saturated heterocycles. The molecule has 0 aromatic heterocycles. The third-order valence-corrected chi connectivity index (χ3v) is 7.16. The van der Waals surface area contributed by atoms with E-state index in [-0.39, 0.29) is 11.3 Å². The summed E-state index contributed by atoms with van der Waals surface area (Å²) in [7, 11) is -1.48. The van der Waals surface area contributed by atoms with Crippen LogP contribution in [0, 0.1) is 0 Å². The van der Waals surface area contributed by atoms with Crippen molar-refractivity contribution in [3.63, 3.8) is 0 Å². The molecule has 0 saturated carbocycles. The number of hydrogen-bond donors (Lipinski definition) is 0. The number of ether oxygens (including phenoxy) is 1. The van der Waals surface area contributed by atoms with Gasteiger partial charge in [-0.1, -0.05) is 77.1 Å². The molecule has 2 rings (SSSR count). The molecule has 0 radical (unpaired) electrons. The number of benzene rings is 2. The van der Waals surface area contributed by atoms with E-state index in [9.17, 15) is 0 Å². The minimum atomic E-state index is -1.48. The van der Waals surface area contributed by atoms with Crippen molar-refractivity contribution in [1.82, 2.24) is 0 Å². The summed E-state index contributed by atoms with van der Waals surface area (Å²) in [6, 6.07) is 19.6. The topological polar surface area (TPSA) is 9.23 Å². The molecule has 2 aromatic carbocycles. The van der Waals surface area contributed by atoms with Gasteiger partial charge >= 0.3 is 0 Å². The third kappa shape index (κ3) is 4.92. The Morgan fingerprint density at radius 3 is 2.17 bits per heavy atom. The van der Waals surface area contributed by atoms with Gasteiger partial charge in [0.2, 0.25) is 0 Å². The molecule has 0 bridgehead atoms. The van der Waals surface area contributed by atoms with Crippen LogP contribution in [-0.4, -0.2) is 20.1 Å². The minimum Gasteiger partial charge on any atom is -0.376 e. The van der Waals surface area contributed by atoms with Crippen LogP contribution in [0.2, 0.25) is 0 Å². The van der Waals surface area contributed by atoms with E-state index in [4.69, 9.17) is 4.74 Å². The average molecular weight is 325 g/mol. The smallest absolute Gasteiger partial charge is 0.134 e. The number of allylic oxidation sites excluding steroid dienone is 1. The Morgan fingerprint density at radius 2 is 1.61 bits per heavy atom. The Morgan fingerprint density at radius 1 is 1.00 bits per heavy atom. The zero-order valence-electron chi connectivity index (χ0n) is 15.0. The lowest BCUT2D eigenvalue weighted by atomic mass is 10.1. The molecule has 0 spiro atoms. The van der Waals surface area contributed by atoms with E-state index in [2.05, 4.69) is 95.8 Å². The van der Waals surface area contributed by atoms with E-state index in [0.29, 0.717) is 0 Å². The van der Waals surface area contributed by atoms with Crippen LogP contribution >= 0.6 is 0 Å². The monoisotopic (exact) mass is 324 g/mol. The van der Waals surface area contributed by atoms with Gasteiger partial charge in [0.05, 0.1) is 11.3 Å². The number of rotatable bonds is 5. The summed E-state index contributed by atoms with van der Waals surface area (Å²) in [6.07, 6.45) is 0. The second kappa shape index (κ2) is 7.29. The SMILES string of the molecule is C=C(C)c1cccc([SiH](c2ccccc2)C(C)OC(C)(C)C)c1. The summed E-state index contributed by atoms with van der Waals surface area (Å²) in [5, 5.41) is 2.83. The Bertz CT molecular complexity index is 655. The largest absolute Gasteiger partial charge is 0.376 e. The zero-order valence-corrected chi connectivity index (χ0v) is 16.1. The van der Waals surface area contributed by atoms with Crippen LogP contribution in [0.4, 0.5) is 0 Å². The quantitative estimate of drug-likeness (QED) is 0.760. The molecular weight excluding hydrogens is 296 g/mol. The van der Waals surface area contributed by atoms with Gasteiger partial charge in [-0.05, 0) is 40.2 Å². The Hall–Kier alpha value is -1.64. The summed E-state index contributed by atoms with van der Waals surface area (Å²) in [4.78, 5) is 0. The second-order valence-electron chi connectivity index (χ2n) is 7.23. The zero-order chi connectivity index (χ0) is 17.0. The predicted molar refractivity (Wildman–Crippen MR) is 104 cm³/mol. The molecule has 2 heteroatoms. The molecule has 23 heavy (non-hydrogen) atoms. The summed E-state index contributed by atoms with van der Waals surface area (Å²) < 4.78 is 6.35. The molecule has 0 aliphatic heterocycles. The van der Waals surface area contributed by atoms with Crippen LogP contribution in [0.1, 0.15) is 40.2 Å². The first-order chi connectivity index (χ1) is 10.8. The van der Waals surface area contributed by atoms with Gasteiger partial charge in [-0.15, -0.1) is 0 Å². The summed E-state index contributed by atoms with van der Waals surface area (Å²) >= 11 is 0. The maximum atomic E-state index is 6.35. The van der Waals surface area contributed by atoms with Crippen molar-refractivity contribution in [2.24, 2.45) is 0 Å². The lowest BCUT2D eigenvalue weighted by Gasteiger charge is -2.31. The van der Waals surface area contributed by atoms with Crippen LogP contribution in [0.25, 0.3) is 5.57 Å². The van der Waals surface area contributed by atoms with Crippen LogP contribution in [0.3, 0.4) is 0 Å². The molecule has 1 nitrogen and oxygen atoms in total. The van der Waals surface area contributed by atoms with Gasteiger partial charge in [-0.2, -0.15) is 0 Å². The molecule has 2 atom stereocenters. The lowest BCUT2D eigenvalue weighted by molar-refractivity contribution is -0.0174. The van der Waals surface area contributed by atoms with Gasteiger partial charge in [0.15, 0.2) is 0 Å². The Balaban J connectivity index is 2.45. The molecule has 0 heterocycles. The number of hydrogen-bond acceptors (Lipinski definition) is 1. The first kappa shape index (κ1) is 17.7. The Labute approximate surface area is 142 Å². The van der Waals surface area contributed by atoms with Crippen molar-refractivity contribution < 1.29 is 4.74 Å². The van der Waals surface area contributed by atoms with Gasteiger partial charge in [0, 0.05) is 0 Å². The highest BCUT2D eigenvalue weighted by atomic mass is 28.3. The van der Waals surface area contributed by atoms with Crippen molar-refractivity contribution in [3.8, 4) is 0 Å². The Kier molecular flexibility index (Phi) is 5.61. The van der Waals surface area contributed by atoms with E-state index in [1.807, 2.05) is 0 Å². The van der Waals surface area contributed by atoms with E-state index in [0.717, 1.165) is 5.57 Å². The van der Waals surface area contributed by atoms with Crippen molar-refractivity contribution in [2.75, 3.05) is 0 Å². The summed E-state index contributed by atoms with van der Waals surface area (Å²) in [5.41, 5.74) is 2.42. The summed E-state index contributed by atoms with van der Waals surface area (Å²) in [5.74, 6) is 0. The first-order valence-corrected chi connectivity index (χ1v) is 10.1. The van der Waals surface area contributed by atoms with E-state index in [1.165, 1.54) is 15.9 Å². The fraction of sp³-hybridized carbons (Fsp3) is 0.333. The standard InChI is InChI=1S/C21H28OSi/c1-16(2)18-11-10-14-20(15-18)23(17(3)22-21(4,5)6)19-12-8-7-9-13-19/h7-15,17,23H,1H2,2-6H3. The third-order valence-electron chi connectivity index (χ3n) is 3.91. The molecule has 0 N–H and O–H groups in total. The molecule has 0 aliphatic rings. The molecule has 0 fully saturated rings. The maximum Gasteiger partial charge on any atom is 0.134 e. The van der Waals surface area contributed by atoms with E-state index in [1.54, 1.807) is 0 Å². The first-order valence-electron chi connectivity index (χ1n) is 8.26. The van der Waals surface area contributed by atoms with Gasteiger partial charge in [0.25, 0.3) is 0 Å². The normalized spacial score (nSPS) is 14.3. The average Bonchev–Trinajstić information content (AvgIpc) is 2.47. The highest BCUT2D eigenvalue weighted by molar-refractivity contribution is 6.86. The fourth-order valence-electron chi connectivity index (χ4n) is 3.02. The van der Waals surface area contributed by atoms with Crippen molar-refractivity contribution in [1.29, 1.82) is 0 Å².